The molecular weight excluding hydrogens is 560 g/mol. The number of allylic oxidation sites excluding steroid dienone is 1. The first-order valence-corrected chi connectivity index (χ1v) is 18.3. The van der Waals surface area contributed by atoms with Crippen LogP contribution in [0.4, 0.5) is 11.4 Å². The number of nitrogens with zero attached hydrogens (tertiary/aromatic N) is 2. The Morgan fingerprint density at radius 3 is 2.09 bits per heavy atom. The van der Waals surface area contributed by atoms with Crippen LogP contribution in [-0.4, -0.2) is 11.9 Å². The predicted octanol–water partition coefficient (Wildman–Crippen LogP) is 11.2. The van der Waals surface area contributed by atoms with Crippen LogP contribution in [0.25, 0.3) is 0 Å². The first-order chi connectivity index (χ1) is 21.9. The van der Waals surface area contributed by atoms with Crippen LogP contribution in [-0.2, 0) is 0 Å². The average Bonchev–Trinajstić information content (AvgIpc) is 3.42. The summed E-state index contributed by atoms with van der Waals surface area (Å²) >= 11 is 0. The third kappa shape index (κ3) is 4.74. The van der Waals surface area contributed by atoms with E-state index in [2.05, 4.69) is 126 Å². The molecule has 2 N–H and O–H groups in total. The minimum Gasteiger partial charge on any atom is -0.279 e. The van der Waals surface area contributed by atoms with E-state index < -0.39 is 0 Å². The summed E-state index contributed by atoms with van der Waals surface area (Å²) in [5, 5.41) is 10.0. The molecule has 0 heterocycles. The number of para-hydroxylation sites is 2. The first kappa shape index (κ1) is 31.7. The van der Waals surface area contributed by atoms with Gasteiger partial charge in [0.25, 0.3) is 0 Å². The zero-order valence-electron chi connectivity index (χ0n) is 29.4. The second-order valence-corrected chi connectivity index (χ2v) is 17.4. The second kappa shape index (κ2) is 11.4. The van der Waals surface area contributed by atoms with Crippen molar-refractivity contribution in [2.45, 2.75) is 106 Å². The highest BCUT2D eigenvalue weighted by molar-refractivity contribution is 5.91. The summed E-state index contributed by atoms with van der Waals surface area (Å²) in [6.45, 7) is 20.1. The van der Waals surface area contributed by atoms with Gasteiger partial charge in [-0.2, -0.15) is 10.2 Å². The van der Waals surface area contributed by atoms with Crippen molar-refractivity contribution in [2.24, 2.45) is 66.9 Å². The van der Waals surface area contributed by atoms with Gasteiger partial charge in [-0.25, -0.2) is 0 Å². The molecule has 0 radical (unpaired) electrons. The number of hydrogen-bond acceptors (Lipinski definition) is 4. The first-order valence-electron chi connectivity index (χ1n) is 18.3. The lowest BCUT2D eigenvalue weighted by molar-refractivity contribution is -0.222. The van der Waals surface area contributed by atoms with Crippen LogP contribution < -0.4 is 10.9 Å². The number of benzene rings is 2. The van der Waals surface area contributed by atoms with E-state index in [0.29, 0.717) is 34.0 Å². The van der Waals surface area contributed by atoms with E-state index in [9.17, 15) is 0 Å². The topological polar surface area (TPSA) is 48.8 Å². The van der Waals surface area contributed by atoms with Crippen molar-refractivity contribution >= 4 is 23.3 Å². The number of hydrazone groups is 2. The Morgan fingerprint density at radius 1 is 0.739 bits per heavy atom. The molecule has 2 aromatic rings. The van der Waals surface area contributed by atoms with E-state index in [4.69, 9.17) is 10.2 Å². The molecule has 0 bridgehead atoms. The molecule has 246 valence electrons. The summed E-state index contributed by atoms with van der Waals surface area (Å²) < 4.78 is 0. The van der Waals surface area contributed by atoms with Gasteiger partial charge in [0.1, 0.15) is 0 Å². The molecule has 5 fully saturated rings. The van der Waals surface area contributed by atoms with E-state index in [1.165, 1.54) is 69.1 Å². The fraction of sp³-hybridized carbons (Fsp3) is 0.619. The van der Waals surface area contributed by atoms with E-state index in [1.807, 2.05) is 0 Å². The molecule has 0 aliphatic heterocycles. The predicted molar refractivity (Wildman–Crippen MR) is 195 cm³/mol. The lowest BCUT2D eigenvalue weighted by atomic mass is 9.32. The van der Waals surface area contributed by atoms with Crippen LogP contribution in [0.5, 0.6) is 0 Å². The maximum absolute atomic E-state index is 5.08. The van der Waals surface area contributed by atoms with Crippen molar-refractivity contribution in [1.82, 2.24) is 0 Å². The van der Waals surface area contributed by atoms with Crippen LogP contribution in [0, 0.1) is 56.7 Å². The largest absolute Gasteiger partial charge is 0.279 e. The van der Waals surface area contributed by atoms with Crippen molar-refractivity contribution in [3.63, 3.8) is 0 Å². The van der Waals surface area contributed by atoms with Crippen molar-refractivity contribution in [3.05, 3.63) is 72.8 Å². The Hall–Kier alpha value is -2.88. The molecule has 5 aliphatic rings. The maximum Gasteiger partial charge on any atom is 0.0561 e. The second-order valence-electron chi connectivity index (χ2n) is 17.4. The summed E-state index contributed by atoms with van der Waals surface area (Å²) in [5.41, 5.74) is 13.0. The highest BCUT2D eigenvalue weighted by atomic mass is 15.3. The molecule has 0 spiro atoms. The zero-order chi connectivity index (χ0) is 32.4. The summed E-state index contributed by atoms with van der Waals surface area (Å²) in [6.07, 6.45) is 15.2. The molecular formula is C42H58N4. The van der Waals surface area contributed by atoms with Crippen LogP contribution in [0.1, 0.15) is 106 Å². The minimum absolute atomic E-state index is 0.0916. The van der Waals surface area contributed by atoms with Crippen molar-refractivity contribution in [3.8, 4) is 0 Å². The van der Waals surface area contributed by atoms with Crippen molar-refractivity contribution in [2.75, 3.05) is 10.9 Å². The zero-order valence-corrected chi connectivity index (χ0v) is 29.4. The smallest absolute Gasteiger partial charge is 0.0561 e. The van der Waals surface area contributed by atoms with Gasteiger partial charge in [-0.1, -0.05) is 83.2 Å². The van der Waals surface area contributed by atoms with Crippen molar-refractivity contribution < 1.29 is 0 Å². The van der Waals surface area contributed by atoms with E-state index in [-0.39, 0.29) is 10.8 Å². The van der Waals surface area contributed by atoms with Gasteiger partial charge in [0.2, 0.25) is 0 Å². The molecule has 7 rings (SSSR count). The number of anilines is 2. The van der Waals surface area contributed by atoms with Crippen LogP contribution in [0.15, 0.2) is 83.0 Å². The Bertz CT molecular complexity index is 1490. The van der Waals surface area contributed by atoms with Gasteiger partial charge in [-0.05, 0) is 141 Å². The maximum atomic E-state index is 5.08. The molecule has 3 unspecified atom stereocenters. The molecule has 0 saturated heterocycles. The molecule has 4 heteroatoms. The Morgan fingerprint density at radius 2 is 1.41 bits per heavy atom. The number of fused-ring (bicyclic) bond motifs is 7. The van der Waals surface area contributed by atoms with Crippen LogP contribution >= 0.6 is 0 Å². The van der Waals surface area contributed by atoms with Gasteiger partial charge in [-0.15, -0.1) is 0 Å². The fourth-order valence-electron chi connectivity index (χ4n) is 12.8. The Kier molecular flexibility index (Phi) is 7.84. The monoisotopic (exact) mass is 618 g/mol. The molecule has 5 aliphatic carbocycles. The molecule has 0 aromatic heterocycles. The summed E-state index contributed by atoms with van der Waals surface area (Å²) in [7, 11) is 0. The van der Waals surface area contributed by atoms with Gasteiger partial charge < -0.3 is 0 Å². The minimum atomic E-state index is 0.0916. The third-order valence-corrected chi connectivity index (χ3v) is 15.3. The number of nitrogens with one attached hydrogen (secondary N) is 2. The highest BCUT2D eigenvalue weighted by Crippen LogP contribution is 2.77. The Balaban J connectivity index is 1.17. The van der Waals surface area contributed by atoms with Gasteiger partial charge in [0, 0.05) is 22.8 Å². The van der Waals surface area contributed by atoms with Crippen LogP contribution in [0.3, 0.4) is 0 Å². The van der Waals surface area contributed by atoms with E-state index >= 15 is 0 Å². The normalized spacial score (nSPS) is 42.0. The highest BCUT2D eigenvalue weighted by Gasteiger charge is 2.70. The average molecular weight is 619 g/mol. The van der Waals surface area contributed by atoms with Gasteiger partial charge in [-0.3, -0.25) is 10.9 Å². The van der Waals surface area contributed by atoms with E-state index in [1.54, 1.807) is 0 Å². The standard InChI is InChI=1S/C42H58N4/c1-29(2)32-20-25-42(28-43-44-30-14-10-8-11-15-30)27-26-40(6)33(37(32)42)18-19-35-39(5)23-22-36(46-45-31-16-12-9-13-17-31)38(3,4)34(39)21-24-41(35,40)7/h8-17,28,32-35,37,44-45H,1,18-27H2,2-7H3/b43-28-,46-36-/t32?,33-,34+,35-,37?,39+,40-,41-,42?/m1/s1. The Labute approximate surface area is 279 Å². The summed E-state index contributed by atoms with van der Waals surface area (Å²) in [6, 6.07) is 20.9. The molecule has 0 amide bonds. The molecule has 4 nitrogen and oxygen atoms in total. The number of rotatable bonds is 6. The summed E-state index contributed by atoms with van der Waals surface area (Å²) in [4.78, 5) is 0. The van der Waals surface area contributed by atoms with Gasteiger partial charge >= 0.3 is 0 Å². The molecule has 2 aromatic carbocycles. The molecule has 46 heavy (non-hydrogen) atoms. The quantitative estimate of drug-likeness (QED) is 0.192. The SMILES string of the molecule is C=C(C)C1CCC2(/C=N\Nc3ccccc3)CC[C@]3(C)[C@H](CC[C@@H]4[C@@]5(C)CC/C(=N/Nc6ccccc6)C(C)(C)[C@@H]5CC[C@]43C)C12. The van der Waals surface area contributed by atoms with Crippen LogP contribution in [0.2, 0.25) is 0 Å². The lowest BCUT2D eigenvalue weighted by Gasteiger charge is -2.72. The van der Waals surface area contributed by atoms with Gasteiger partial charge in [0.05, 0.1) is 11.4 Å². The molecule has 5 saturated carbocycles. The molecule has 9 atom stereocenters. The van der Waals surface area contributed by atoms with Crippen molar-refractivity contribution in [1.29, 1.82) is 0 Å². The summed E-state index contributed by atoms with van der Waals surface area (Å²) in [5.74, 6) is 3.38. The fourth-order valence-corrected chi connectivity index (χ4v) is 12.8. The van der Waals surface area contributed by atoms with E-state index in [0.717, 1.165) is 29.6 Å². The lowest BCUT2D eigenvalue weighted by Crippen LogP contribution is -2.66. The number of hydrogen-bond donors (Lipinski definition) is 2. The van der Waals surface area contributed by atoms with Gasteiger partial charge in [0.15, 0.2) is 0 Å². The third-order valence-electron chi connectivity index (χ3n) is 15.3.